The average Bonchev–Trinajstić information content (AvgIpc) is 2.84. The summed E-state index contributed by atoms with van der Waals surface area (Å²) in [5, 5.41) is 12.3. The number of ether oxygens (including phenoxy) is 2. The largest absolute Gasteiger partial charge is 0.394 e. The first kappa shape index (κ1) is 19.0. The Morgan fingerprint density at radius 3 is 2.79 bits per heavy atom. The molecular weight excluding hydrogens is 314 g/mol. The van der Waals surface area contributed by atoms with Gasteiger partial charge >= 0.3 is 0 Å². The summed E-state index contributed by atoms with van der Waals surface area (Å²) in [6.07, 6.45) is 0.248. The van der Waals surface area contributed by atoms with Crippen LogP contribution in [0.4, 0.5) is 0 Å². The van der Waals surface area contributed by atoms with Gasteiger partial charge in [0.15, 0.2) is 0 Å². The minimum Gasteiger partial charge on any atom is -0.394 e. The molecule has 136 valence electrons. The highest BCUT2D eigenvalue weighted by atomic mass is 16.5. The van der Waals surface area contributed by atoms with E-state index in [2.05, 4.69) is 5.32 Å². The summed E-state index contributed by atoms with van der Waals surface area (Å²) in [4.78, 5) is 35.9. The van der Waals surface area contributed by atoms with Crippen LogP contribution in [0.3, 0.4) is 0 Å². The van der Waals surface area contributed by atoms with Crippen molar-refractivity contribution < 1.29 is 29.0 Å². The van der Waals surface area contributed by atoms with Crippen molar-refractivity contribution in [2.75, 3.05) is 26.9 Å². The highest BCUT2D eigenvalue weighted by Crippen LogP contribution is 2.41. The third-order valence-corrected chi connectivity index (χ3v) is 5.16. The molecule has 2 unspecified atom stereocenters. The summed E-state index contributed by atoms with van der Waals surface area (Å²) in [7, 11) is 1.57. The fourth-order valence-electron chi connectivity index (χ4n) is 3.72. The minimum atomic E-state index is -0.411. The monoisotopic (exact) mass is 341 g/mol. The lowest BCUT2D eigenvalue weighted by Crippen LogP contribution is -2.40. The van der Waals surface area contributed by atoms with Gasteiger partial charge in [-0.1, -0.05) is 6.92 Å². The van der Waals surface area contributed by atoms with Crippen molar-refractivity contribution in [1.29, 1.82) is 0 Å². The van der Waals surface area contributed by atoms with Crippen LogP contribution in [0.5, 0.6) is 0 Å². The van der Waals surface area contributed by atoms with Gasteiger partial charge in [0, 0.05) is 32.4 Å². The van der Waals surface area contributed by atoms with Crippen molar-refractivity contribution in [3.8, 4) is 0 Å². The quantitative estimate of drug-likeness (QED) is 0.503. The van der Waals surface area contributed by atoms with Crippen molar-refractivity contribution in [1.82, 2.24) is 5.32 Å². The molecule has 0 bridgehead atoms. The maximum Gasteiger partial charge on any atom is 0.220 e. The van der Waals surface area contributed by atoms with E-state index in [-0.39, 0.29) is 60.8 Å². The molecule has 2 aliphatic rings. The predicted molar refractivity (Wildman–Crippen MR) is 85.3 cm³/mol. The van der Waals surface area contributed by atoms with Crippen LogP contribution in [0.2, 0.25) is 0 Å². The zero-order valence-electron chi connectivity index (χ0n) is 14.3. The third-order valence-electron chi connectivity index (χ3n) is 5.16. The molecule has 1 saturated heterocycles. The molecule has 1 amide bonds. The predicted octanol–water partition coefficient (Wildman–Crippen LogP) is 0.0894. The van der Waals surface area contributed by atoms with Crippen LogP contribution in [0.1, 0.15) is 32.6 Å². The lowest BCUT2D eigenvalue weighted by atomic mass is 9.75. The molecule has 7 heteroatoms. The zero-order valence-corrected chi connectivity index (χ0v) is 14.3. The Kier molecular flexibility index (Phi) is 6.89. The van der Waals surface area contributed by atoms with Gasteiger partial charge in [0.2, 0.25) is 5.91 Å². The fraction of sp³-hybridized carbons (Fsp3) is 0.824. The molecule has 2 rings (SSSR count). The van der Waals surface area contributed by atoms with Gasteiger partial charge in [0.05, 0.1) is 31.8 Å². The second-order valence-corrected chi connectivity index (χ2v) is 6.72. The Bertz CT molecular complexity index is 480. The normalized spacial score (nSPS) is 33.7. The number of rotatable bonds is 7. The van der Waals surface area contributed by atoms with Gasteiger partial charge in [-0.3, -0.25) is 14.4 Å². The van der Waals surface area contributed by atoms with Crippen molar-refractivity contribution in [2.24, 2.45) is 17.8 Å². The maximum absolute atomic E-state index is 12.3. The van der Waals surface area contributed by atoms with Crippen LogP contribution < -0.4 is 5.32 Å². The first-order valence-corrected chi connectivity index (χ1v) is 8.54. The molecule has 1 aliphatic heterocycles. The highest BCUT2D eigenvalue weighted by Gasteiger charge is 2.48. The molecule has 0 spiro atoms. The number of aliphatic hydroxyl groups is 1. The Labute approximate surface area is 142 Å². The molecule has 0 aromatic heterocycles. The van der Waals surface area contributed by atoms with Crippen LogP contribution in [0, 0.1) is 17.8 Å². The highest BCUT2D eigenvalue weighted by molar-refractivity contribution is 6.02. The Morgan fingerprint density at radius 2 is 2.17 bits per heavy atom. The van der Waals surface area contributed by atoms with Crippen LogP contribution in [0.15, 0.2) is 0 Å². The van der Waals surface area contributed by atoms with Crippen molar-refractivity contribution in [3.63, 3.8) is 0 Å². The van der Waals surface area contributed by atoms with E-state index in [1.54, 1.807) is 7.11 Å². The number of aliphatic hydroxyl groups excluding tert-OH is 1. The second kappa shape index (κ2) is 8.69. The van der Waals surface area contributed by atoms with E-state index < -0.39 is 6.10 Å². The van der Waals surface area contributed by atoms with Crippen molar-refractivity contribution in [3.05, 3.63) is 0 Å². The maximum atomic E-state index is 12.3. The lowest BCUT2D eigenvalue weighted by Gasteiger charge is -2.29. The van der Waals surface area contributed by atoms with E-state index >= 15 is 0 Å². The summed E-state index contributed by atoms with van der Waals surface area (Å²) < 4.78 is 10.8. The summed E-state index contributed by atoms with van der Waals surface area (Å²) in [5.74, 6) is -0.791. The summed E-state index contributed by atoms with van der Waals surface area (Å²) in [6.45, 7) is 2.67. The minimum absolute atomic E-state index is 0.0291. The number of carbonyl (C=O) groups excluding carboxylic acids is 3. The molecule has 0 radical (unpaired) electrons. The molecule has 2 N–H and O–H groups in total. The molecule has 1 heterocycles. The second-order valence-electron chi connectivity index (χ2n) is 6.72. The van der Waals surface area contributed by atoms with Gasteiger partial charge in [0.25, 0.3) is 0 Å². The van der Waals surface area contributed by atoms with Gasteiger partial charge in [-0.15, -0.1) is 0 Å². The number of hydrogen-bond acceptors (Lipinski definition) is 6. The SMILES string of the molecule is COCCNC(=O)C[C@H]1C(C)[C@@H](CO)O[C@H]1C1CCC(=O)CC1=O. The standard InChI is InChI=1S/C17H27NO6/c1-10-13(8-16(22)18-5-6-23-2)17(24-15(10)9-19)12-4-3-11(20)7-14(12)21/h10,12-13,15,17,19H,3-9H2,1-2H3,(H,18,22)/t10?,12?,13-,15+,17-/m0/s1. The first-order chi connectivity index (χ1) is 11.5. The summed E-state index contributed by atoms with van der Waals surface area (Å²) in [6, 6.07) is 0. The van der Waals surface area contributed by atoms with E-state index in [0.717, 1.165) is 0 Å². The van der Waals surface area contributed by atoms with E-state index in [1.807, 2.05) is 6.92 Å². The van der Waals surface area contributed by atoms with Crippen LogP contribution in [-0.2, 0) is 23.9 Å². The lowest BCUT2D eigenvalue weighted by molar-refractivity contribution is -0.139. The molecule has 2 fully saturated rings. The number of Topliss-reactive ketones (excluding diaryl/α,β-unsaturated/α-hetero) is 2. The van der Waals surface area contributed by atoms with E-state index in [0.29, 0.717) is 26.0 Å². The first-order valence-electron chi connectivity index (χ1n) is 8.54. The fourth-order valence-corrected chi connectivity index (χ4v) is 3.72. The summed E-state index contributed by atoms with van der Waals surface area (Å²) in [5.41, 5.74) is 0. The molecule has 0 aromatic carbocycles. The molecule has 1 aliphatic carbocycles. The number of carbonyl (C=O) groups is 3. The van der Waals surface area contributed by atoms with Crippen molar-refractivity contribution >= 4 is 17.5 Å². The van der Waals surface area contributed by atoms with Crippen LogP contribution >= 0.6 is 0 Å². The average molecular weight is 341 g/mol. The Morgan fingerprint density at radius 1 is 1.42 bits per heavy atom. The number of methoxy groups -OCH3 is 1. The van der Waals surface area contributed by atoms with Crippen LogP contribution in [0.25, 0.3) is 0 Å². The molecule has 1 saturated carbocycles. The van der Waals surface area contributed by atoms with Gasteiger partial charge in [-0.25, -0.2) is 0 Å². The van der Waals surface area contributed by atoms with E-state index in [9.17, 15) is 19.5 Å². The third kappa shape index (κ3) is 4.40. The smallest absolute Gasteiger partial charge is 0.220 e. The van der Waals surface area contributed by atoms with Gasteiger partial charge in [-0.2, -0.15) is 0 Å². The van der Waals surface area contributed by atoms with Gasteiger partial charge in [-0.05, 0) is 18.3 Å². The zero-order chi connectivity index (χ0) is 17.7. The van der Waals surface area contributed by atoms with E-state index in [4.69, 9.17) is 9.47 Å². The number of nitrogens with one attached hydrogen (secondary N) is 1. The molecule has 5 atom stereocenters. The summed E-state index contributed by atoms with van der Waals surface area (Å²) >= 11 is 0. The molecular formula is C17H27NO6. The topological polar surface area (TPSA) is 102 Å². The number of hydrogen-bond donors (Lipinski definition) is 2. The molecule has 24 heavy (non-hydrogen) atoms. The van der Waals surface area contributed by atoms with E-state index in [1.165, 1.54) is 0 Å². The Hall–Kier alpha value is -1.31. The van der Waals surface area contributed by atoms with Crippen molar-refractivity contribution in [2.45, 2.75) is 44.8 Å². The van der Waals surface area contributed by atoms with Crippen LogP contribution in [-0.4, -0.2) is 61.7 Å². The number of ketones is 2. The van der Waals surface area contributed by atoms with Gasteiger partial charge in [0.1, 0.15) is 11.6 Å². The molecule has 7 nitrogen and oxygen atoms in total. The Balaban J connectivity index is 2.05. The number of amides is 1. The van der Waals surface area contributed by atoms with Gasteiger partial charge < -0.3 is 19.9 Å². The molecule has 0 aromatic rings.